The van der Waals surface area contributed by atoms with Gasteiger partial charge in [-0.1, -0.05) is 35.5 Å². The van der Waals surface area contributed by atoms with Crippen LogP contribution >= 0.6 is 0 Å². The molecule has 3 atom stereocenters. The van der Waals surface area contributed by atoms with Crippen molar-refractivity contribution in [3.05, 3.63) is 42.5 Å². The first-order chi connectivity index (χ1) is 18.3. The lowest BCUT2D eigenvalue weighted by molar-refractivity contribution is -0.139. The van der Waals surface area contributed by atoms with Gasteiger partial charge in [-0.15, -0.1) is 0 Å². The normalized spacial score (nSPS) is 23.4. The van der Waals surface area contributed by atoms with Gasteiger partial charge in [-0.2, -0.15) is 4.72 Å². The van der Waals surface area contributed by atoms with Gasteiger partial charge in [0.1, 0.15) is 6.04 Å². The summed E-state index contributed by atoms with van der Waals surface area (Å²) in [5, 5.41) is 25.1. The Kier molecular flexibility index (Phi) is 7.19. The number of aliphatic imine (C=N–C) groups is 1. The largest absolute Gasteiger partial charge is 0.480 e. The van der Waals surface area contributed by atoms with Gasteiger partial charge in [0.2, 0.25) is 16.4 Å². The maximum atomic E-state index is 13.0. The average molecular weight is 544 g/mol. The van der Waals surface area contributed by atoms with Crippen molar-refractivity contribution < 1.29 is 28.0 Å². The summed E-state index contributed by atoms with van der Waals surface area (Å²) in [6.07, 6.45) is 1.33. The number of fused-ring (bicyclic) bond motifs is 1. The highest BCUT2D eigenvalue weighted by atomic mass is 32.2. The molecule has 5 N–H and O–H groups in total. The van der Waals surface area contributed by atoms with Crippen LogP contribution in [0.15, 0.2) is 57.5 Å². The Balaban J connectivity index is 1.22. The summed E-state index contributed by atoms with van der Waals surface area (Å²) < 4.78 is 28.2. The predicted molar refractivity (Wildman–Crippen MR) is 139 cm³/mol. The molecule has 1 amide bonds. The number of benzene rings is 2. The van der Waals surface area contributed by atoms with Gasteiger partial charge in [-0.3, -0.25) is 19.5 Å². The molecule has 3 heterocycles. The Labute approximate surface area is 219 Å². The van der Waals surface area contributed by atoms with Crippen LogP contribution in [0.4, 0.5) is 0 Å². The van der Waals surface area contributed by atoms with Crippen LogP contribution in [0, 0.1) is 0 Å². The fourth-order valence-electron chi connectivity index (χ4n) is 4.83. The minimum Gasteiger partial charge on any atom is -0.480 e. The molecule has 14 heteroatoms. The number of carbonyl (C=O) groups excluding carboxylic acids is 1. The molecule has 2 aromatic carbocycles. The lowest BCUT2D eigenvalue weighted by atomic mass is 9.95. The van der Waals surface area contributed by atoms with Crippen molar-refractivity contribution in [2.75, 3.05) is 32.7 Å². The number of carboxylic acids is 1. The number of aliphatic carboxylic acids is 1. The molecule has 202 valence electrons. The smallest absolute Gasteiger partial charge is 0.323 e. The second-order valence-corrected chi connectivity index (χ2v) is 11.3. The van der Waals surface area contributed by atoms with Crippen LogP contribution in [0.1, 0.15) is 12.8 Å². The van der Waals surface area contributed by atoms with Crippen LogP contribution in [-0.4, -0.2) is 93.0 Å². The third-order valence-corrected chi connectivity index (χ3v) is 8.28. The van der Waals surface area contributed by atoms with E-state index in [-0.39, 0.29) is 23.2 Å². The average Bonchev–Trinajstić information content (AvgIpc) is 3.67. The van der Waals surface area contributed by atoms with Crippen LogP contribution in [-0.2, 0) is 24.4 Å². The predicted octanol–water partition coefficient (Wildman–Crippen LogP) is -0.587. The number of amides is 1. The number of carbonyl (C=O) groups is 2. The van der Waals surface area contributed by atoms with Gasteiger partial charge in [0.25, 0.3) is 0 Å². The summed E-state index contributed by atoms with van der Waals surface area (Å²) in [6, 6.07) is 10.2. The summed E-state index contributed by atoms with van der Waals surface area (Å²) in [7, 11) is -4.19. The van der Waals surface area contributed by atoms with E-state index in [1.165, 1.54) is 12.1 Å². The second-order valence-electron chi connectivity index (χ2n) is 9.56. The highest BCUT2D eigenvalue weighted by molar-refractivity contribution is 7.89. The van der Waals surface area contributed by atoms with Crippen molar-refractivity contribution in [1.82, 2.24) is 25.6 Å². The summed E-state index contributed by atoms with van der Waals surface area (Å²) in [4.78, 5) is 34.9. The third kappa shape index (κ3) is 5.56. The van der Waals surface area contributed by atoms with E-state index >= 15 is 0 Å². The van der Waals surface area contributed by atoms with E-state index in [0.29, 0.717) is 31.3 Å². The van der Waals surface area contributed by atoms with Crippen LogP contribution in [0.3, 0.4) is 0 Å². The van der Waals surface area contributed by atoms with Crippen molar-refractivity contribution in [3.63, 3.8) is 0 Å². The number of hydrogen-bond acceptors (Lipinski definition) is 10. The SMILES string of the molecule is O=CN(CC(NS(=O)(=O)c1ccc2ccccc2c1)C(=O)O)C1=NO[C@]2(CNC(CNC3=NCCN3)C2)C1. The minimum absolute atomic E-state index is 0.0731. The number of rotatable bonds is 9. The molecule has 0 radical (unpaired) electrons. The van der Waals surface area contributed by atoms with E-state index in [2.05, 4.69) is 30.8 Å². The van der Waals surface area contributed by atoms with E-state index in [1.54, 1.807) is 18.2 Å². The highest BCUT2D eigenvalue weighted by Crippen LogP contribution is 2.33. The molecule has 1 fully saturated rings. The molecule has 2 unspecified atom stereocenters. The molecule has 3 aliphatic rings. The third-order valence-electron chi connectivity index (χ3n) is 6.81. The van der Waals surface area contributed by atoms with Gasteiger partial charge in [-0.05, 0) is 22.9 Å². The van der Waals surface area contributed by atoms with Crippen LogP contribution in [0.25, 0.3) is 10.8 Å². The zero-order valence-corrected chi connectivity index (χ0v) is 21.3. The molecule has 1 saturated heterocycles. The molecule has 0 aliphatic carbocycles. The molecule has 5 rings (SSSR count). The first-order valence-corrected chi connectivity index (χ1v) is 13.7. The number of nitrogens with one attached hydrogen (secondary N) is 4. The van der Waals surface area contributed by atoms with Crippen LogP contribution in [0.2, 0.25) is 0 Å². The molecule has 1 spiro atoms. The summed E-state index contributed by atoms with van der Waals surface area (Å²) in [6.45, 7) is 2.22. The van der Waals surface area contributed by atoms with Gasteiger partial charge in [-0.25, -0.2) is 8.42 Å². The highest BCUT2D eigenvalue weighted by Gasteiger charge is 2.47. The van der Waals surface area contributed by atoms with Crippen LogP contribution < -0.4 is 20.7 Å². The molecule has 13 nitrogen and oxygen atoms in total. The molecule has 0 aromatic heterocycles. The molecule has 0 saturated carbocycles. The minimum atomic E-state index is -4.19. The van der Waals surface area contributed by atoms with E-state index in [0.717, 1.165) is 29.3 Å². The number of carboxylic acid groups (broad SMARTS) is 1. The van der Waals surface area contributed by atoms with Crippen molar-refractivity contribution in [1.29, 1.82) is 0 Å². The monoisotopic (exact) mass is 543 g/mol. The molecular weight excluding hydrogens is 514 g/mol. The molecular formula is C24H29N7O6S. The number of sulfonamides is 1. The summed E-state index contributed by atoms with van der Waals surface area (Å²) >= 11 is 0. The number of amidine groups is 1. The Hall–Kier alpha value is -3.75. The van der Waals surface area contributed by atoms with Gasteiger partial charge in [0.15, 0.2) is 17.4 Å². The zero-order chi connectivity index (χ0) is 26.8. The second kappa shape index (κ2) is 10.6. The van der Waals surface area contributed by atoms with Crippen molar-refractivity contribution >= 4 is 45.0 Å². The van der Waals surface area contributed by atoms with E-state index in [9.17, 15) is 23.1 Å². The summed E-state index contributed by atoms with van der Waals surface area (Å²) in [5.74, 6) is -0.420. The van der Waals surface area contributed by atoms with E-state index < -0.39 is 34.2 Å². The van der Waals surface area contributed by atoms with Gasteiger partial charge >= 0.3 is 5.97 Å². The van der Waals surface area contributed by atoms with Gasteiger partial charge in [0.05, 0.1) is 24.4 Å². The van der Waals surface area contributed by atoms with E-state index in [4.69, 9.17) is 4.84 Å². The molecule has 38 heavy (non-hydrogen) atoms. The number of hydrogen-bond donors (Lipinski definition) is 5. The lowest BCUT2D eigenvalue weighted by Crippen LogP contribution is -2.49. The van der Waals surface area contributed by atoms with Crippen molar-refractivity contribution in [2.24, 2.45) is 10.1 Å². The maximum Gasteiger partial charge on any atom is 0.323 e. The van der Waals surface area contributed by atoms with Crippen molar-refractivity contribution in [3.8, 4) is 0 Å². The Morgan fingerprint density at radius 3 is 2.84 bits per heavy atom. The van der Waals surface area contributed by atoms with Gasteiger partial charge < -0.3 is 25.9 Å². The van der Waals surface area contributed by atoms with Gasteiger partial charge in [0, 0.05) is 32.1 Å². The first kappa shape index (κ1) is 25.9. The Morgan fingerprint density at radius 2 is 2.11 bits per heavy atom. The Morgan fingerprint density at radius 1 is 1.29 bits per heavy atom. The first-order valence-electron chi connectivity index (χ1n) is 12.2. The zero-order valence-electron chi connectivity index (χ0n) is 20.5. The molecule has 0 bridgehead atoms. The fraction of sp³-hybridized carbons (Fsp3) is 0.417. The topological polar surface area (TPSA) is 174 Å². The number of oxime groups is 1. The Bertz CT molecular complexity index is 1400. The quantitative estimate of drug-likeness (QED) is 0.259. The number of guanidine groups is 1. The fourth-order valence-corrected chi connectivity index (χ4v) is 6.04. The maximum absolute atomic E-state index is 13.0. The standard InChI is InChI=1S/C24H29N7O6S/c32-15-31(21-11-24(37-29-21)10-18(28-14-24)12-27-23-25-7-8-26-23)13-20(22(33)34)30-38(35,36)19-6-5-16-3-1-2-4-17(16)9-19/h1-6,9,15,18,20,28,30H,7-8,10-14H2,(H,33,34)(H2,25,26,27)/t18?,20?,24-/m0/s1. The molecule has 3 aliphatic heterocycles. The number of nitrogens with zero attached hydrogens (tertiary/aromatic N) is 3. The summed E-state index contributed by atoms with van der Waals surface area (Å²) in [5.41, 5.74) is -0.669. The lowest BCUT2D eigenvalue weighted by Gasteiger charge is -2.23. The molecule has 2 aromatic rings. The van der Waals surface area contributed by atoms with Crippen molar-refractivity contribution in [2.45, 2.75) is 35.4 Å². The van der Waals surface area contributed by atoms with Crippen LogP contribution in [0.5, 0.6) is 0 Å². The van der Waals surface area contributed by atoms with E-state index in [1.807, 2.05) is 12.1 Å².